The molecule has 2 aromatic rings. The van der Waals surface area contributed by atoms with E-state index in [1.165, 1.54) is 12.1 Å². The van der Waals surface area contributed by atoms with E-state index >= 15 is 0 Å². The first kappa shape index (κ1) is 32.9. The van der Waals surface area contributed by atoms with Crippen LogP contribution in [0.25, 0.3) is 11.1 Å². The Kier molecular flexibility index (Phi) is 17.4. The normalized spacial score (nSPS) is 11.3. The number of aliphatic hydroxyl groups excluding tert-OH is 2. The largest absolute Gasteiger partial charge is 0.494 e. The van der Waals surface area contributed by atoms with Crippen LogP contribution in [0.1, 0.15) is 64.7 Å². The van der Waals surface area contributed by atoms with Gasteiger partial charge in [0.2, 0.25) is 0 Å². The molecule has 0 aliphatic heterocycles. The van der Waals surface area contributed by atoms with Gasteiger partial charge in [-0.25, -0.2) is 8.78 Å². The maximum Gasteiger partial charge on any atom is 0.190 e. The molecular formula is C31H47F2NO5. The molecule has 2 N–H and O–H groups in total. The van der Waals surface area contributed by atoms with Crippen molar-refractivity contribution in [2.75, 3.05) is 59.3 Å². The molecule has 0 aliphatic rings. The van der Waals surface area contributed by atoms with Gasteiger partial charge >= 0.3 is 0 Å². The standard InChI is InChI=1S/C31H47F2NO5/c1-2-15-34(16-19-36)17-23-37-20-8-5-6-9-21-38-28-13-11-26(12-14-28)27-24-29(32)31(30(33)25-27)39-22-10-4-3-7-18-35/h11-14,24-25,35-36H,2-10,15-23H2,1H3. The average Bonchev–Trinajstić information content (AvgIpc) is 2.93. The lowest BCUT2D eigenvalue weighted by atomic mass is 10.0. The summed E-state index contributed by atoms with van der Waals surface area (Å²) in [5, 5.41) is 17.9. The molecule has 6 nitrogen and oxygen atoms in total. The fourth-order valence-electron chi connectivity index (χ4n) is 4.29. The van der Waals surface area contributed by atoms with Gasteiger partial charge in [0, 0.05) is 26.3 Å². The summed E-state index contributed by atoms with van der Waals surface area (Å²) in [7, 11) is 0. The lowest BCUT2D eigenvalue weighted by molar-refractivity contribution is 0.0929. The molecule has 0 unspecified atom stereocenters. The van der Waals surface area contributed by atoms with Crippen LogP contribution in [-0.4, -0.2) is 74.4 Å². The highest BCUT2D eigenvalue weighted by atomic mass is 19.1. The van der Waals surface area contributed by atoms with Crippen molar-refractivity contribution in [2.24, 2.45) is 0 Å². The molecule has 0 aliphatic carbocycles. The van der Waals surface area contributed by atoms with Crippen LogP contribution in [0.5, 0.6) is 11.5 Å². The zero-order chi connectivity index (χ0) is 28.1. The molecular weight excluding hydrogens is 504 g/mol. The number of benzene rings is 2. The van der Waals surface area contributed by atoms with Gasteiger partial charge in [0.25, 0.3) is 0 Å². The average molecular weight is 552 g/mol. The predicted octanol–water partition coefficient (Wildman–Crippen LogP) is 6.22. The van der Waals surface area contributed by atoms with Crippen molar-refractivity contribution in [3.05, 3.63) is 48.0 Å². The van der Waals surface area contributed by atoms with E-state index in [0.29, 0.717) is 37.3 Å². The van der Waals surface area contributed by atoms with Crippen LogP contribution in [0.15, 0.2) is 36.4 Å². The van der Waals surface area contributed by atoms with Crippen molar-refractivity contribution in [1.82, 2.24) is 4.90 Å². The number of nitrogens with zero attached hydrogens (tertiary/aromatic N) is 1. The minimum atomic E-state index is -0.716. The first-order chi connectivity index (χ1) is 19.1. The Labute approximate surface area is 232 Å². The number of halogens is 2. The molecule has 0 amide bonds. The number of rotatable bonds is 23. The topological polar surface area (TPSA) is 71.4 Å². The van der Waals surface area contributed by atoms with E-state index < -0.39 is 11.6 Å². The third kappa shape index (κ3) is 13.6. The number of ether oxygens (including phenoxy) is 3. The van der Waals surface area contributed by atoms with Gasteiger partial charge in [0.1, 0.15) is 5.75 Å². The van der Waals surface area contributed by atoms with E-state index in [2.05, 4.69) is 11.8 Å². The van der Waals surface area contributed by atoms with E-state index in [0.717, 1.165) is 76.8 Å². The highest BCUT2D eigenvalue weighted by molar-refractivity contribution is 5.65. The quantitative estimate of drug-likeness (QED) is 0.160. The zero-order valence-corrected chi connectivity index (χ0v) is 23.5. The number of hydrogen-bond acceptors (Lipinski definition) is 6. The number of unbranched alkanes of at least 4 members (excludes halogenated alkanes) is 6. The van der Waals surface area contributed by atoms with Gasteiger partial charge in [-0.2, -0.15) is 0 Å². The molecule has 0 saturated carbocycles. The van der Waals surface area contributed by atoms with Crippen molar-refractivity contribution in [3.63, 3.8) is 0 Å². The summed E-state index contributed by atoms with van der Waals surface area (Å²) in [6.07, 6.45) is 8.30. The fourth-order valence-corrected chi connectivity index (χ4v) is 4.29. The molecule has 0 heterocycles. The van der Waals surface area contributed by atoms with Crippen LogP contribution in [0.4, 0.5) is 8.78 Å². The second kappa shape index (κ2) is 20.6. The molecule has 0 fully saturated rings. The third-order valence-electron chi connectivity index (χ3n) is 6.44. The lowest BCUT2D eigenvalue weighted by Crippen LogP contribution is -2.31. The smallest absolute Gasteiger partial charge is 0.190 e. The van der Waals surface area contributed by atoms with E-state index in [1.54, 1.807) is 12.1 Å². The second-order valence-electron chi connectivity index (χ2n) is 9.72. The monoisotopic (exact) mass is 551 g/mol. The summed E-state index contributed by atoms with van der Waals surface area (Å²) in [6, 6.07) is 9.80. The molecule has 220 valence electrons. The van der Waals surface area contributed by atoms with Gasteiger partial charge in [0.15, 0.2) is 17.4 Å². The van der Waals surface area contributed by atoms with E-state index in [4.69, 9.17) is 24.4 Å². The molecule has 0 atom stereocenters. The Bertz CT molecular complexity index is 868. The van der Waals surface area contributed by atoms with Gasteiger partial charge in [-0.1, -0.05) is 31.9 Å². The summed E-state index contributed by atoms with van der Waals surface area (Å²) in [5.41, 5.74) is 1.14. The summed E-state index contributed by atoms with van der Waals surface area (Å²) < 4.78 is 45.9. The van der Waals surface area contributed by atoms with Crippen LogP contribution in [0, 0.1) is 11.6 Å². The van der Waals surface area contributed by atoms with Crippen molar-refractivity contribution < 1.29 is 33.2 Å². The van der Waals surface area contributed by atoms with Crippen LogP contribution in [0.3, 0.4) is 0 Å². The van der Waals surface area contributed by atoms with Gasteiger partial charge in [0.05, 0.1) is 26.4 Å². The zero-order valence-electron chi connectivity index (χ0n) is 23.5. The van der Waals surface area contributed by atoms with E-state index in [9.17, 15) is 8.78 Å². The molecule has 39 heavy (non-hydrogen) atoms. The lowest BCUT2D eigenvalue weighted by Gasteiger charge is -2.20. The minimum Gasteiger partial charge on any atom is -0.494 e. The SMILES string of the molecule is CCCN(CCO)CCOCCCCCCOc1ccc(-c2cc(F)c(OCCCCCCO)c(F)c2)cc1. The van der Waals surface area contributed by atoms with Gasteiger partial charge in [-0.3, -0.25) is 4.90 Å². The molecule has 2 aromatic carbocycles. The van der Waals surface area contributed by atoms with Crippen LogP contribution < -0.4 is 9.47 Å². The van der Waals surface area contributed by atoms with Gasteiger partial charge < -0.3 is 24.4 Å². The number of aliphatic hydroxyl groups is 2. The molecule has 0 spiro atoms. The van der Waals surface area contributed by atoms with Crippen molar-refractivity contribution in [1.29, 1.82) is 0 Å². The third-order valence-corrected chi connectivity index (χ3v) is 6.44. The molecule has 0 radical (unpaired) electrons. The summed E-state index contributed by atoms with van der Waals surface area (Å²) in [4.78, 5) is 2.22. The first-order valence-electron chi connectivity index (χ1n) is 14.5. The van der Waals surface area contributed by atoms with Crippen molar-refractivity contribution >= 4 is 0 Å². The summed E-state index contributed by atoms with van der Waals surface area (Å²) >= 11 is 0. The van der Waals surface area contributed by atoms with Crippen LogP contribution in [0.2, 0.25) is 0 Å². The minimum absolute atomic E-state index is 0.155. The molecule has 8 heteroatoms. The summed E-state index contributed by atoms with van der Waals surface area (Å²) in [6.45, 7) is 7.32. The maximum atomic E-state index is 14.5. The van der Waals surface area contributed by atoms with Gasteiger partial charge in [-0.05, 0) is 86.9 Å². The Morgan fingerprint density at radius 2 is 1.26 bits per heavy atom. The van der Waals surface area contributed by atoms with Crippen LogP contribution in [-0.2, 0) is 4.74 Å². The predicted molar refractivity (Wildman–Crippen MR) is 151 cm³/mol. The molecule has 0 aromatic heterocycles. The van der Waals surface area contributed by atoms with Gasteiger partial charge in [-0.15, -0.1) is 0 Å². The Morgan fingerprint density at radius 1 is 0.641 bits per heavy atom. The Balaban J connectivity index is 1.63. The van der Waals surface area contributed by atoms with E-state index in [1.807, 2.05) is 12.1 Å². The Morgan fingerprint density at radius 3 is 1.87 bits per heavy atom. The van der Waals surface area contributed by atoms with E-state index in [-0.39, 0.29) is 25.6 Å². The van der Waals surface area contributed by atoms with Crippen molar-refractivity contribution in [3.8, 4) is 22.6 Å². The maximum absolute atomic E-state index is 14.5. The first-order valence-corrected chi connectivity index (χ1v) is 14.5. The van der Waals surface area contributed by atoms with Crippen LogP contribution >= 0.6 is 0 Å². The van der Waals surface area contributed by atoms with Crippen molar-refractivity contribution in [2.45, 2.75) is 64.7 Å². The second-order valence-corrected chi connectivity index (χ2v) is 9.72. The highest BCUT2D eigenvalue weighted by Gasteiger charge is 2.14. The molecule has 0 saturated heterocycles. The number of hydrogen-bond donors (Lipinski definition) is 2. The fraction of sp³-hybridized carbons (Fsp3) is 0.613. The molecule has 2 rings (SSSR count). The Hall–Kier alpha value is -2.26. The summed E-state index contributed by atoms with van der Waals surface area (Å²) in [5.74, 6) is -1.05. The highest BCUT2D eigenvalue weighted by Crippen LogP contribution is 2.30. The molecule has 0 bridgehead atoms.